The van der Waals surface area contributed by atoms with Crippen LogP contribution in [0.2, 0.25) is 0 Å². The molecule has 2 aromatic heterocycles. The molecule has 1 saturated heterocycles. The Morgan fingerprint density at radius 1 is 0.946 bits per heavy atom. The van der Waals surface area contributed by atoms with Crippen LogP contribution in [0.4, 0.5) is 5.69 Å². The number of carboxylic acid groups (broad SMARTS) is 2. The van der Waals surface area contributed by atoms with E-state index in [2.05, 4.69) is 16.4 Å². The van der Waals surface area contributed by atoms with Gasteiger partial charge in [-0.3, -0.25) is 4.98 Å². The normalized spacial score (nSPS) is 17.0. The summed E-state index contributed by atoms with van der Waals surface area (Å²) in [5, 5.41) is 22.8. The number of rotatable bonds is 6. The number of aryl methyl sites for hydroxylation is 2. The van der Waals surface area contributed by atoms with Gasteiger partial charge in [-0.05, 0) is 91.8 Å². The number of aromatic carboxylic acids is 2. The summed E-state index contributed by atoms with van der Waals surface area (Å²) in [5.74, 6) is -1.54. The fourth-order valence-corrected chi connectivity index (χ4v) is 4.83. The number of nitrogens with one attached hydrogen (secondary N) is 1. The minimum Gasteiger partial charge on any atom is -0.478 e. The molecular formula is C28H23N3O5S. The number of carbonyl (C=O) groups is 2. The summed E-state index contributed by atoms with van der Waals surface area (Å²) in [5.41, 5.74) is 4.02. The van der Waals surface area contributed by atoms with Gasteiger partial charge in [-0.15, -0.1) is 0 Å². The lowest BCUT2D eigenvalue weighted by atomic mass is 10.0. The molecule has 0 aliphatic carbocycles. The summed E-state index contributed by atoms with van der Waals surface area (Å²) < 4.78 is 6.27. The van der Waals surface area contributed by atoms with Gasteiger partial charge in [0.25, 0.3) is 0 Å². The van der Waals surface area contributed by atoms with Crippen molar-refractivity contribution in [1.29, 1.82) is 0 Å². The van der Waals surface area contributed by atoms with Crippen LogP contribution in [0.1, 0.15) is 55.4 Å². The SMILES string of the molecule is Cc1ccc(N2C(=S)N[C@H](c3ccccn3)[C@@H]2c2ccc(-c3cc(C(=O)O)cc(C(=O)O)c3)o2)cc1C. The number of carboxylic acids is 2. The van der Waals surface area contributed by atoms with Gasteiger partial charge >= 0.3 is 11.9 Å². The number of hydrogen-bond acceptors (Lipinski definition) is 5. The molecule has 0 saturated carbocycles. The molecule has 0 spiro atoms. The number of anilines is 1. The van der Waals surface area contributed by atoms with E-state index in [9.17, 15) is 19.8 Å². The second kappa shape index (κ2) is 9.51. The Morgan fingerprint density at radius 3 is 2.30 bits per heavy atom. The van der Waals surface area contributed by atoms with E-state index >= 15 is 0 Å². The van der Waals surface area contributed by atoms with Crippen LogP contribution in [0.3, 0.4) is 0 Å². The fraction of sp³-hybridized carbons (Fsp3) is 0.143. The number of hydrogen-bond donors (Lipinski definition) is 3. The lowest BCUT2D eigenvalue weighted by molar-refractivity contribution is 0.0696. The minimum absolute atomic E-state index is 0.139. The summed E-state index contributed by atoms with van der Waals surface area (Å²) >= 11 is 5.76. The molecule has 37 heavy (non-hydrogen) atoms. The number of thiocarbonyl (C=S) groups is 1. The van der Waals surface area contributed by atoms with Crippen LogP contribution >= 0.6 is 12.2 Å². The summed E-state index contributed by atoms with van der Waals surface area (Å²) in [6.45, 7) is 4.08. The molecular weight excluding hydrogens is 490 g/mol. The molecule has 186 valence electrons. The Bertz CT molecular complexity index is 1500. The van der Waals surface area contributed by atoms with Gasteiger partial charge in [0, 0.05) is 17.4 Å². The second-order valence-corrected chi connectivity index (χ2v) is 9.26. The maximum Gasteiger partial charge on any atom is 0.335 e. The smallest absolute Gasteiger partial charge is 0.335 e. The quantitative estimate of drug-likeness (QED) is 0.286. The van der Waals surface area contributed by atoms with Gasteiger partial charge in [-0.25, -0.2) is 9.59 Å². The standard InChI is InChI=1S/C28H23N3O5S/c1-15-6-7-20(11-16(15)2)31-25(24(30-28(31)37)21-5-3-4-10-29-21)23-9-8-22(36-23)17-12-18(26(32)33)14-19(13-17)27(34)35/h3-14,24-25H,1-2H3,(H,30,37)(H,32,33)(H,34,35)/t24-,25+/m1/s1. The molecule has 2 atom stereocenters. The minimum atomic E-state index is -1.22. The van der Waals surface area contributed by atoms with Gasteiger partial charge < -0.3 is 24.8 Å². The molecule has 0 unspecified atom stereocenters. The largest absolute Gasteiger partial charge is 0.478 e. The average molecular weight is 514 g/mol. The first-order chi connectivity index (χ1) is 17.7. The zero-order valence-corrected chi connectivity index (χ0v) is 20.8. The first-order valence-corrected chi connectivity index (χ1v) is 11.9. The van der Waals surface area contributed by atoms with E-state index in [1.807, 2.05) is 49.1 Å². The van der Waals surface area contributed by atoms with E-state index in [1.54, 1.807) is 18.3 Å². The highest BCUT2D eigenvalue weighted by molar-refractivity contribution is 7.80. The summed E-state index contributed by atoms with van der Waals surface area (Å²) in [4.78, 5) is 29.7. The van der Waals surface area contributed by atoms with E-state index in [0.29, 0.717) is 22.2 Å². The maximum absolute atomic E-state index is 11.6. The van der Waals surface area contributed by atoms with Gasteiger partial charge in [-0.1, -0.05) is 12.1 Å². The molecule has 2 aromatic carbocycles. The third-order valence-corrected chi connectivity index (χ3v) is 6.81. The van der Waals surface area contributed by atoms with Crippen LogP contribution in [0.15, 0.2) is 77.3 Å². The van der Waals surface area contributed by atoms with E-state index in [0.717, 1.165) is 28.6 Å². The van der Waals surface area contributed by atoms with Gasteiger partial charge in [0.15, 0.2) is 5.11 Å². The monoisotopic (exact) mass is 513 g/mol. The Morgan fingerprint density at radius 2 is 1.68 bits per heavy atom. The van der Waals surface area contributed by atoms with E-state index < -0.39 is 18.0 Å². The van der Waals surface area contributed by atoms with Crippen LogP contribution < -0.4 is 10.2 Å². The lowest BCUT2D eigenvalue weighted by Gasteiger charge is -2.26. The summed E-state index contributed by atoms with van der Waals surface area (Å²) in [6.07, 6.45) is 1.72. The van der Waals surface area contributed by atoms with Crippen LogP contribution in [0.5, 0.6) is 0 Å². The zero-order valence-electron chi connectivity index (χ0n) is 20.0. The van der Waals surface area contributed by atoms with Crippen molar-refractivity contribution in [2.45, 2.75) is 25.9 Å². The molecule has 3 heterocycles. The molecule has 1 aliphatic heterocycles. The van der Waals surface area contributed by atoms with Crippen molar-refractivity contribution in [2.24, 2.45) is 0 Å². The molecule has 9 heteroatoms. The highest BCUT2D eigenvalue weighted by atomic mass is 32.1. The van der Waals surface area contributed by atoms with E-state index in [1.165, 1.54) is 12.1 Å². The summed E-state index contributed by atoms with van der Waals surface area (Å²) in [6, 6.07) is 18.5. The molecule has 1 fully saturated rings. The average Bonchev–Trinajstić information content (AvgIpc) is 3.50. The van der Waals surface area contributed by atoms with Crippen molar-refractivity contribution in [3.05, 3.63) is 107 Å². The molecule has 3 N–H and O–H groups in total. The maximum atomic E-state index is 11.6. The molecule has 0 bridgehead atoms. The second-order valence-electron chi connectivity index (χ2n) is 8.88. The van der Waals surface area contributed by atoms with Crippen molar-refractivity contribution in [3.8, 4) is 11.3 Å². The number of furan rings is 1. The number of aromatic nitrogens is 1. The van der Waals surface area contributed by atoms with Gasteiger partial charge in [0.05, 0.1) is 22.9 Å². The predicted octanol–water partition coefficient (Wildman–Crippen LogP) is 5.53. The number of benzene rings is 2. The molecule has 5 rings (SSSR count). The van der Waals surface area contributed by atoms with Gasteiger partial charge in [0.2, 0.25) is 0 Å². The van der Waals surface area contributed by atoms with Gasteiger partial charge in [-0.2, -0.15) is 0 Å². The third-order valence-electron chi connectivity index (χ3n) is 6.50. The Kier molecular flexibility index (Phi) is 6.22. The Balaban J connectivity index is 1.62. The van der Waals surface area contributed by atoms with Crippen LogP contribution in [-0.2, 0) is 0 Å². The van der Waals surface area contributed by atoms with Crippen LogP contribution in [0, 0.1) is 13.8 Å². The van der Waals surface area contributed by atoms with Crippen molar-refractivity contribution in [2.75, 3.05) is 4.90 Å². The molecule has 4 aromatic rings. The third kappa shape index (κ3) is 4.56. The molecule has 0 amide bonds. The lowest BCUT2D eigenvalue weighted by Crippen LogP contribution is -2.29. The van der Waals surface area contributed by atoms with Crippen molar-refractivity contribution in [1.82, 2.24) is 10.3 Å². The van der Waals surface area contributed by atoms with Crippen LogP contribution in [-0.4, -0.2) is 32.2 Å². The first kappa shape index (κ1) is 24.2. The molecule has 8 nitrogen and oxygen atoms in total. The van der Waals surface area contributed by atoms with Crippen molar-refractivity contribution >= 4 is 35.0 Å². The predicted molar refractivity (Wildman–Crippen MR) is 142 cm³/mol. The highest BCUT2D eigenvalue weighted by Gasteiger charge is 2.42. The first-order valence-electron chi connectivity index (χ1n) is 11.5. The topological polar surface area (TPSA) is 116 Å². The molecule has 1 aliphatic rings. The van der Waals surface area contributed by atoms with Gasteiger partial charge in [0.1, 0.15) is 17.6 Å². The van der Waals surface area contributed by atoms with E-state index in [-0.39, 0.29) is 17.2 Å². The Labute approximate surface area is 218 Å². The highest BCUT2D eigenvalue weighted by Crippen LogP contribution is 2.43. The number of nitrogens with zero attached hydrogens (tertiary/aromatic N) is 2. The summed E-state index contributed by atoms with van der Waals surface area (Å²) in [7, 11) is 0. The fourth-order valence-electron chi connectivity index (χ4n) is 4.48. The van der Waals surface area contributed by atoms with Crippen molar-refractivity contribution < 1.29 is 24.2 Å². The number of pyridine rings is 1. The molecule has 0 radical (unpaired) electrons. The van der Waals surface area contributed by atoms with Crippen molar-refractivity contribution in [3.63, 3.8) is 0 Å². The Hall–Kier alpha value is -4.50. The zero-order chi connectivity index (χ0) is 26.3. The van der Waals surface area contributed by atoms with E-state index in [4.69, 9.17) is 16.6 Å². The van der Waals surface area contributed by atoms with Crippen LogP contribution in [0.25, 0.3) is 11.3 Å².